The molecule has 1 fully saturated rings. The maximum atomic E-state index is 5.74. The molecule has 2 rings (SSSR count). The van der Waals surface area contributed by atoms with E-state index in [2.05, 4.69) is 5.32 Å². The summed E-state index contributed by atoms with van der Waals surface area (Å²) in [5.74, 6) is 1.48. The molecule has 0 heterocycles. The van der Waals surface area contributed by atoms with Crippen LogP contribution in [0.3, 0.4) is 0 Å². The Labute approximate surface area is 127 Å². The van der Waals surface area contributed by atoms with E-state index in [9.17, 15) is 0 Å². The highest BCUT2D eigenvalue weighted by molar-refractivity contribution is 6.17. The molecule has 1 saturated carbocycles. The number of benzene rings is 1. The molecular formula is C15H23Cl2NO. The number of hydrogen-bond donors (Lipinski definition) is 1. The molecule has 108 valence electrons. The van der Waals surface area contributed by atoms with Gasteiger partial charge in [-0.1, -0.05) is 31.4 Å². The van der Waals surface area contributed by atoms with E-state index in [0.29, 0.717) is 11.9 Å². The van der Waals surface area contributed by atoms with Crippen LogP contribution in [0.4, 0.5) is 0 Å². The van der Waals surface area contributed by atoms with Crippen molar-refractivity contribution in [2.24, 2.45) is 0 Å². The predicted octanol–water partition coefficient (Wildman–Crippen LogP) is 4.15. The lowest BCUT2D eigenvalue weighted by Gasteiger charge is -2.22. The molecule has 0 spiro atoms. The van der Waals surface area contributed by atoms with Gasteiger partial charge >= 0.3 is 0 Å². The van der Waals surface area contributed by atoms with Gasteiger partial charge in [-0.05, 0) is 30.5 Å². The highest BCUT2D eigenvalue weighted by atomic mass is 35.5. The monoisotopic (exact) mass is 303 g/mol. The van der Waals surface area contributed by atoms with Crippen LogP contribution in [-0.2, 0) is 5.88 Å². The second-order valence-corrected chi connectivity index (χ2v) is 5.18. The van der Waals surface area contributed by atoms with Gasteiger partial charge in [0.1, 0.15) is 12.4 Å². The molecule has 0 bridgehead atoms. The molecule has 1 aliphatic rings. The van der Waals surface area contributed by atoms with Gasteiger partial charge < -0.3 is 10.1 Å². The Bertz CT molecular complexity index is 337. The Hall–Kier alpha value is -0.440. The van der Waals surface area contributed by atoms with Gasteiger partial charge in [0.25, 0.3) is 0 Å². The van der Waals surface area contributed by atoms with Gasteiger partial charge in [0, 0.05) is 18.5 Å². The van der Waals surface area contributed by atoms with E-state index in [0.717, 1.165) is 24.5 Å². The molecule has 0 unspecified atom stereocenters. The molecule has 0 radical (unpaired) electrons. The fourth-order valence-corrected chi connectivity index (χ4v) is 2.59. The molecule has 0 amide bonds. The number of rotatable bonds is 6. The van der Waals surface area contributed by atoms with Crippen molar-refractivity contribution in [1.29, 1.82) is 0 Å². The van der Waals surface area contributed by atoms with Crippen LogP contribution in [-0.4, -0.2) is 19.2 Å². The molecule has 2 nitrogen and oxygen atoms in total. The first-order valence-electron chi connectivity index (χ1n) is 6.89. The van der Waals surface area contributed by atoms with Gasteiger partial charge in [0.2, 0.25) is 0 Å². The second-order valence-electron chi connectivity index (χ2n) is 4.92. The van der Waals surface area contributed by atoms with Gasteiger partial charge in [0.15, 0.2) is 0 Å². The van der Waals surface area contributed by atoms with Gasteiger partial charge in [-0.2, -0.15) is 0 Å². The molecule has 1 aromatic rings. The van der Waals surface area contributed by atoms with E-state index in [-0.39, 0.29) is 12.4 Å². The highest BCUT2D eigenvalue weighted by Crippen LogP contribution is 2.17. The van der Waals surface area contributed by atoms with E-state index >= 15 is 0 Å². The summed E-state index contributed by atoms with van der Waals surface area (Å²) in [6, 6.07) is 8.70. The third-order valence-electron chi connectivity index (χ3n) is 3.49. The van der Waals surface area contributed by atoms with Gasteiger partial charge in [-0.25, -0.2) is 0 Å². The Kier molecular flexibility index (Phi) is 8.27. The SMILES string of the molecule is Cl.ClCc1ccc(OCCNC2CCCCC2)cc1. The molecule has 0 saturated heterocycles. The molecule has 4 heteroatoms. The second kappa shape index (κ2) is 9.46. The van der Waals surface area contributed by atoms with Crippen molar-refractivity contribution >= 4 is 24.0 Å². The minimum Gasteiger partial charge on any atom is -0.492 e. The first-order valence-corrected chi connectivity index (χ1v) is 7.43. The average Bonchev–Trinajstić information content (AvgIpc) is 2.45. The number of halogens is 2. The van der Waals surface area contributed by atoms with E-state index in [1.54, 1.807) is 0 Å². The molecule has 1 aromatic carbocycles. The average molecular weight is 304 g/mol. The van der Waals surface area contributed by atoms with E-state index in [4.69, 9.17) is 16.3 Å². The van der Waals surface area contributed by atoms with Crippen molar-refractivity contribution in [2.75, 3.05) is 13.2 Å². The number of nitrogens with one attached hydrogen (secondary N) is 1. The van der Waals surface area contributed by atoms with Crippen LogP contribution in [0, 0.1) is 0 Å². The molecule has 0 aliphatic heterocycles. The van der Waals surface area contributed by atoms with Crippen molar-refractivity contribution < 1.29 is 4.74 Å². The minimum absolute atomic E-state index is 0. The van der Waals surface area contributed by atoms with Crippen LogP contribution >= 0.6 is 24.0 Å². The molecule has 0 aromatic heterocycles. The van der Waals surface area contributed by atoms with Crippen molar-refractivity contribution in [1.82, 2.24) is 5.32 Å². The van der Waals surface area contributed by atoms with Crippen LogP contribution in [0.5, 0.6) is 5.75 Å². The largest absolute Gasteiger partial charge is 0.492 e. The lowest BCUT2D eigenvalue weighted by atomic mass is 9.96. The fourth-order valence-electron chi connectivity index (χ4n) is 2.41. The predicted molar refractivity (Wildman–Crippen MR) is 83.6 cm³/mol. The van der Waals surface area contributed by atoms with Crippen LogP contribution in [0.2, 0.25) is 0 Å². The van der Waals surface area contributed by atoms with Gasteiger partial charge in [-0.15, -0.1) is 24.0 Å². The number of hydrogen-bond acceptors (Lipinski definition) is 2. The van der Waals surface area contributed by atoms with Crippen LogP contribution in [0.15, 0.2) is 24.3 Å². The Morgan fingerprint density at radius 1 is 1.11 bits per heavy atom. The molecule has 0 atom stereocenters. The smallest absolute Gasteiger partial charge is 0.119 e. The third kappa shape index (κ3) is 6.03. The highest BCUT2D eigenvalue weighted by Gasteiger charge is 2.11. The van der Waals surface area contributed by atoms with E-state index < -0.39 is 0 Å². The van der Waals surface area contributed by atoms with Crippen LogP contribution in [0.1, 0.15) is 37.7 Å². The third-order valence-corrected chi connectivity index (χ3v) is 3.80. The first-order chi connectivity index (χ1) is 8.88. The van der Waals surface area contributed by atoms with Gasteiger partial charge in [0.05, 0.1) is 0 Å². The Morgan fingerprint density at radius 3 is 2.42 bits per heavy atom. The quantitative estimate of drug-likeness (QED) is 0.630. The first kappa shape index (κ1) is 16.6. The standard InChI is InChI=1S/C15H22ClNO.ClH/c16-12-13-6-8-15(9-7-13)18-11-10-17-14-4-2-1-3-5-14;/h6-9,14,17H,1-5,10-12H2;1H. The van der Waals surface area contributed by atoms with Crippen molar-refractivity contribution in [3.8, 4) is 5.75 Å². The summed E-state index contributed by atoms with van der Waals surface area (Å²) in [5, 5.41) is 3.57. The Balaban J connectivity index is 0.00000180. The maximum absolute atomic E-state index is 5.74. The van der Waals surface area contributed by atoms with Crippen molar-refractivity contribution in [3.05, 3.63) is 29.8 Å². The van der Waals surface area contributed by atoms with Gasteiger partial charge in [-0.3, -0.25) is 0 Å². The Morgan fingerprint density at radius 2 is 1.79 bits per heavy atom. The molecule has 1 N–H and O–H groups in total. The molecular weight excluding hydrogens is 281 g/mol. The minimum atomic E-state index is 0. The summed E-state index contributed by atoms with van der Waals surface area (Å²) in [7, 11) is 0. The summed E-state index contributed by atoms with van der Waals surface area (Å²) in [5.41, 5.74) is 1.13. The fraction of sp³-hybridized carbons (Fsp3) is 0.600. The topological polar surface area (TPSA) is 21.3 Å². The lowest BCUT2D eigenvalue weighted by molar-refractivity contribution is 0.289. The summed E-state index contributed by atoms with van der Waals surface area (Å²) in [6.07, 6.45) is 6.80. The summed E-state index contributed by atoms with van der Waals surface area (Å²) < 4.78 is 5.69. The van der Waals surface area contributed by atoms with Crippen molar-refractivity contribution in [3.63, 3.8) is 0 Å². The summed E-state index contributed by atoms with van der Waals surface area (Å²) in [6.45, 7) is 1.67. The number of ether oxygens (including phenoxy) is 1. The normalized spacial score (nSPS) is 15.8. The van der Waals surface area contributed by atoms with Crippen molar-refractivity contribution in [2.45, 2.75) is 44.0 Å². The summed E-state index contributed by atoms with van der Waals surface area (Å²) >= 11 is 5.74. The van der Waals surface area contributed by atoms with Crippen LogP contribution in [0.25, 0.3) is 0 Å². The van der Waals surface area contributed by atoms with E-state index in [1.165, 1.54) is 32.1 Å². The van der Waals surface area contributed by atoms with E-state index in [1.807, 2.05) is 24.3 Å². The maximum Gasteiger partial charge on any atom is 0.119 e. The zero-order chi connectivity index (χ0) is 12.6. The molecule has 1 aliphatic carbocycles. The lowest BCUT2D eigenvalue weighted by Crippen LogP contribution is -2.34. The van der Waals surface area contributed by atoms with Crippen LogP contribution < -0.4 is 10.1 Å². The molecule has 19 heavy (non-hydrogen) atoms. The zero-order valence-electron chi connectivity index (χ0n) is 11.2. The summed E-state index contributed by atoms with van der Waals surface area (Å²) in [4.78, 5) is 0. The zero-order valence-corrected chi connectivity index (χ0v) is 12.8. The number of alkyl halides is 1.